The Morgan fingerprint density at radius 2 is 2.60 bits per heavy atom. The fraction of sp³-hybridized carbons (Fsp3) is 0. The Labute approximate surface area is 60.9 Å². The summed E-state index contributed by atoms with van der Waals surface area (Å²) in [5.74, 6) is -0.307. The average molecular weight is 156 g/mol. The number of hydrogen-bond donors (Lipinski definition) is 1. The highest BCUT2D eigenvalue weighted by molar-refractivity contribution is 7.09. The predicted molar refractivity (Wildman–Crippen MR) is 36.5 cm³/mol. The number of carbonyl (C=O) groups excluding carboxylic acids is 1. The van der Waals surface area contributed by atoms with Gasteiger partial charge in [-0.25, -0.2) is 0 Å². The number of anilines is 1. The average Bonchev–Trinajstić information content (AvgIpc) is 2.40. The predicted octanol–water partition coefficient (Wildman–Crippen LogP) is 0.0576. The topological polar surface area (TPSA) is 67.8 Å². The van der Waals surface area contributed by atoms with Crippen molar-refractivity contribution < 1.29 is 4.79 Å². The Kier molecular flexibility index (Phi) is 2.06. The molecule has 1 N–H and O–H groups in total. The van der Waals surface area contributed by atoms with Crippen molar-refractivity contribution in [2.75, 3.05) is 5.32 Å². The van der Waals surface area contributed by atoms with Crippen molar-refractivity contribution in [1.82, 2.24) is 14.8 Å². The number of hydrogen-bond acceptors (Lipinski definition) is 5. The van der Waals surface area contributed by atoms with Crippen LogP contribution in [0.4, 0.5) is 5.13 Å². The number of amides is 1. The van der Waals surface area contributed by atoms with Crippen molar-refractivity contribution in [3.8, 4) is 0 Å². The van der Waals surface area contributed by atoms with E-state index in [4.69, 9.17) is 0 Å². The molecule has 6 heteroatoms. The molecule has 0 atom stereocenters. The summed E-state index contributed by atoms with van der Waals surface area (Å²) in [4.78, 5) is 10.6. The zero-order chi connectivity index (χ0) is 7.40. The maximum Gasteiger partial charge on any atom is 0.249 e. The highest BCUT2D eigenvalue weighted by Crippen LogP contribution is 2.03. The van der Waals surface area contributed by atoms with Crippen LogP contribution in [0.3, 0.4) is 0 Å². The first kappa shape index (κ1) is 6.81. The lowest BCUT2D eigenvalue weighted by Gasteiger charge is -1.89. The van der Waals surface area contributed by atoms with Crippen LogP contribution in [0.2, 0.25) is 0 Å². The van der Waals surface area contributed by atoms with E-state index in [1.807, 2.05) is 0 Å². The molecular weight excluding hydrogens is 152 g/mol. The maximum absolute atomic E-state index is 10.6. The second kappa shape index (κ2) is 3.02. The zero-order valence-electron chi connectivity index (χ0n) is 4.94. The summed E-state index contributed by atoms with van der Waals surface area (Å²) >= 11 is 1.01. The Bertz CT molecular complexity index is 231. The molecule has 0 aliphatic carbocycles. The van der Waals surface area contributed by atoms with Crippen LogP contribution >= 0.6 is 11.5 Å². The number of carbonyl (C=O) groups is 1. The molecule has 5 nitrogen and oxygen atoms in total. The first-order valence-corrected chi connectivity index (χ1v) is 3.18. The van der Waals surface area contributed by atoms with Gasteiger partial charge in [0.15, 0.2) is 0 Å². The van der Waals surface area contributed by atoms with Gasteiger partial charge in [-0.05, 0) is 11.3 Å². The van der Waals surface area contributed by atoms with Crippen LogP contribution in [0.25, 0.3) is 0 Å². The maximum atomic E-state index is 10.6. The molecule has 0 aliphatic heterocycles. The molecule has 52 valence electrons. The quantitative estimate of drug-likeness (QED) is 0.615. The standard InChI is InChI=1S/C4H4N4OS/c1-2-3(9)5-4-6-7-8-10-4/h2H,1H2,(H,5,6,8,9). The van der Waals surface area contributed by atoms with Crippen LogP contribution in [0.15, 0.2) is 12.7 Å². The van der Waals surface area contributed by atoms with Crippen molar-refractivity contribution in [2.24, 2.45) is 0 Å². The van der Waals surface area contributed by atoms with Crippen LogP contribution in [0.1, 0.15) is 0 Å². The van der Waals surface area contributed by atoms with Crippen LogP contribution in [-0.2, 0) is 4.79 Å². The van der Waals surface area contributed by atoms with Crippen molar-refractivity contribution in [1.29, 1.82) is 0 Å². The van der Waals surface area contributed by atoms with E-state index in [1.54, 1.807) is 0 Å². The van der Waals surface area contributed by atoms with Gasteiger partial charge in [0.2, 0.25) is 11.0 Å². The third-order valence-electron chi connectivity index (χ3n) is 0.715. The van der Waals surface area contributed by atoms with Gasteiger partial charge in [-0.15, -0.1) is 0 Å². The highest BCUT2D eigenvalue weighted by Gasteiger charge is 1.98. The molecule has 0 unspecified atom stereocenters. The van der Waals surface area contributed by atoms with Gasteiger partial charge in [0.05, 0.1) is 0 Å². The Morgan fingerprint density at radius 1 is 1.80 bits per heavy atom. The second-order valence-corrected chi connectivity index (χ2v) is 2.09. The van der Waals surface area contributed by atoms with E-state index < -0.39 is 0 Å². The molecule has 0 fully saturated rings. The largest absolute Gasteiger partial charge is 0.296 e. The summed E-state index contributed by atoms with van der Waals surface area (Å²) in [6.07, 6.45) is 1.15. The molecule has 1 amide bonds. The van der Waals surface area contributed by atoms with E-state index in [2.05, 4.69) is 26.7 Å². The minimum Gasteiger partial charge on any atom is -0.296 e. The fourth-order valence-corrected chi connectivity index (χ4v) is 0.708. The molecular formula is C4H4N4OS. The van der Waals surface area contributed by atoms with Gasteiger partial charge < -0.3 is 0 Å². The van der Waals surface area contributed by atoms with Crippen molar-refractivity contribution in [2.45, 2.75) is 0 Å². The molecule has 1 aromatic rings. The van der Waals surface area contributed by atoms with E-state index in [0.29, 0.717) is 5.13 Å². The molecule has 1 aromatic heterocycles. The SMILES string of the molecule is C=CC(=O)Nc1nnns1. The number of rotatable bonds is 2. The Balaban J connectivity index is 2.56. The number of nitrogens with one attached hydrogen (secondary N) is 1. The van der Waals surface area contributed by atoms with Gasteiger partial charge in [-0.1, -0.05) is 16.2 Å². The molecule has 0 saturated carbocycles. The van der Waals surface area contributed by atoms with Gasteiger partial charge in [0, 0.05) is 11.5 Å². The van der Waals surface area contributed by atoms with Gasteiger partial charge in [-0.2, -0.15) is 0 Å². The molecule has 1 heterocycles. The summed E-state index contributed by atoms with van der Waals surface area (Å²) in [6, 6.07) is 0. The summed E-state index contributed by atoms with van der Waals surface area (Å²) < 4.78 is 3.44. The molecule has 10 heavy (non-hydrogen) atoms. The van der Waals surface area contributed by atoms with Crippen molar-refractivity contribution >= 4 is 22.6 Å². The van der Waals surface area contributed by atoms with Crippen molar-refractivity contribution in [3.63, 3.8) is 0 Å². The first-order valence-electron chi connectivity index (χ1n) is 2.41. The summed E-state index contributed by atoms with van der Waals surface area (Å²) in [5, 5.41) is 9.54. The van der Waals surface area contributed by atoms with E-state index in [1.165, 1.54) is 0 Å². The molecule has 0 saturated heterocycles. The lowest BCUT2D eigenvalue weighted by molar-refractivity contribution is -0.111. The van der Waals surface area contributed by atoms with E-state index in [-0.39, 0.29) is 5.91 Å². The minimum absolute atomic E-state index is 0.307. The third-order valence-corrected chi connectivity index (χ3v) is 1.23. The Morgan fingerprint density at radius 3 is 3.10 bits per heavy atom. The lowest BCUT2D eigenvalue weighted by atomic mass is 10.6. The van der Waals surface area contributed by atoms with Gasteiger partial charge in [-0.3, -0.25) is 10.1 Å². The zero-order valence-corrected chi connectivity index (χ0v) is 5.76. The Hall–Kier alpha value is -1.30. The molecule has 0 radical (unpaired) electrons. The number of aromatic nitrogens is 3. The highest BCUT2D eigenvalue weighted by atomic mass is 32.1. The lowest BCUT2D eigenvalue weighted by Crippen LogP contribution is -2.06. The van der Waals surface area contributed by atoms with Crippen molar-refractivity contribution in [3.05, 3.63) is 12.7 Å². The monoisotopic (exact) mass is 156 g/mol. The van der Waals surface area contributed by atoms with Crippen LogP contribution in [-0.4, -0.2) is 20.7 Å². The van der Waals surface area contributed by atoms with Crippen LogP contribution in [0, 0.1) is 0 Å². The minimum atomic E-state index is -0.307. The smallest absolute Gasteiger partial charge is 0.249 e. The molecule has 0 aliphatic rings. The molecule has 1 rings (SSSR count). The molecule has 0 aromatic carbocycles. The molecule has 0 spiro atoms. The van der Waals surface area contributed by atoms with Crippen LogP contribution < -0.4 is 5.32 Å². The van der Waals surface area contributed by atoms with E-state index in [9.17, 15) is 4.79 Å². The van der Waals surface area contributed by atoms with Gasteiger partial charge in [0.25, 0.3) is 0 Å². The fourth-order valence-electron chi connectivity index (χ4n) is 0.338. The van der Waals surface area contributed by atoms with E-state index >= 15 is 0 Å². The van der Waals surface area contributed by atoms with Crippen LogP contribution in [0.5, 0.6) is 0 Å². The number of nitrogens with zero attached hydrogens (tertiary/aromatic N) is 3. The second-order valence-electron chi connectivity index (χ2n) is 1.36. The van der Waals surface area contributed by atoms with E-state index in [0.717, 1.165) is 17.6 Å². The van der Waals surface area contributed by atoms with Gasteiger partial charge in [0.1, 0.15) is 0 Å². The normalized spacial score (nSPS) is 8.80. The van der Waals surface area contributed by atoms with Gasteiger partial charge >= 0.3 is 0 Å². The third kappa shape index (κ3) is 1.59. The molecule has 0 bridgehead atoms. The summed E-state index contributed by atoms with van der Waals surface area (Å²) in [7, 11) is 0. The summed E-state index contributed by atoms with van der Waals surface area (Å²) in [5.41, 5.74) is 0. The first-order chi connectivity index (χ1) is 4.83. The summed E-state index contributed by atoms with van der Waals surface area (Å²) in [6.45, 7) is 3.27.